The quantitative estimate of drug-likeness (QED) is 0.444. The molecule has 0 aromatic rings. The Labute approximate surface area is 113 Å². The number of hydrogen-bond donors (Lipinski definition) is 0. The first-order valence-corrected chi connectivity index (χ1v) is 6.68. The minimum atomic E-state index is -0.291. The molecule has 1 atom stereocenters. The summed E-state index contributed by atoms with van der Waals surface area (Å²) in [6, 6.07) is -0.151. The molecule has 0 saturated carbocycles. The molecule has 1 amide bonds. The molecular formula is C13H22BrNO2. The fourth-order valence-electron chi connectivity index (χ4n) is 1.15. The number of carbonyl (C=O) groups is 1. The molecular weight excluding hydrogens is 282 g/mol. The molecule has 0 aromatic heterocycles. The van der Waals surface area contributed by atoms with Gasteiger partial charge in [-0.25, -0.2) is 0 Å². The summed E-state index contributed by atoms with van der Waals surface area (Å²) in [4.78, 5) is 13.3. The van der Waals surface area contributed by atoms with E-state index in [4.69, 9.17) is 4.74 Å². The van der Waals surface area contributed by atoms with Gasteiger partial charge in [0.2, 0.25) is 5.91 Å². The van der Waals surface area contributed by atoms with Crippen LogP contribution in [0.5, 0.6) is 0 Å². The molecule has 0 aliphatic heterocycles. The predicted octanol–water partition coefficient (Wildman–Crippen LogP) is 3.11. The van der Waals surface area contributed by atoms with Crippen LogP contribution in [0.25, 0.3) is 0 Å². The number of carbonyl (C=O) groups excluding carboxylic acids is 1. The number of halogens is 1. The fraction of sp³-hybridized carbons (Fsp3) is 0.615. The van der Waals surface area contributed by atoms with Crippen LogP contribution >= 0.6 is 15.9 Å². The Kier molecular flexibility index (Phi) is 6.53. The standard InChI is InChI=1S/C13H22BrNO2/c1-10(11(2)17-13(3,4)5)15(6)12(16)8-7-9-14/h7-8,10H,2,9H2,1,3-6H3/b8-7+/t10-/m0/s1. The lowest BCUT2D eigenvalue weighted by molar-refractivity contribution is -0.127. The maximum absolute atomic E-state index is 11.7. The van der Waals surface area contributed by atoms with Crippen LogP contribution in [0.1, 0.15) is 27.7 Å². The highest BCUT2D eigenvalue weighted by Gasteiger charge is 2.21. The molecule has 0 rings (SSSR count). The molecule has 0 spiro atoms. The lowest BCUT2D eigenvalue weighted by atomic mass is 10.1. The highest BCUT2D eigenvalue weighted by atomic mass is 79.9. The molecule has 0 bridgehead atoms. The van der Waals surface area contributed by atoms with Crippen molar-refractivity contribution in [3.05, 3.63) is 24.5 Å². The second-order valence-electron chi connectivity index (χ2n) is 4.86. The van der Waals surface area contributed by atoms with Crippen molar-refractivity contribution in [3.8, 4) is 0 Å². The smallest absolute Gasteiger partial charge is 0.246 e. The molecule has 0 unspecified atom stereocenters. The van der Waals surface area contributed by atoms with Crippen molar-refractivity contribution in [3.63, 3.8) is 0 Å². The summed E-state index contributed by atoms with van der Waals surface area (Å²) < 4.78 is 5.65. The van der Waals surface area contributed by atoms with Gasteiger partial charge in [-0.3, -0.25) is 4.79 Å². The highest BCUT2D eigenvalue weighted by Crippen LogP contribution is 2.17. The molecule has 0 N–H and O–H groups in total. The Balaban J connectivity index is 4.49. The fourth-order valence-corrected chi connectivity index (χ4v) is 1.34. The topological polar surface area (TPSA) is 29.5 Å². The highest BCUT2D eigenvalue weighted by molar-refractivity contribution is 9.09. The van der Waals surface area contributed by atoms with Crippen LogP contribution in [0.3, 0.4) is 0 Å². The molecule has 17 heavy (non-hydrogen) atoms. The van der Waals surface area contributed by atoms with Gasteiger partial charge < -0.3 is 9.64 Å². The first kappa shape index (κ1) is 16.2. The van der Waals surface area contributed by atoms with E-state index in [0.717, 1.165) is 0 Å². The summed E-state index contributed by atoms with van der Waals surface area (Å²) in [5.74, 6) is 0.538. The molecule has 0 heterocycles. The van der Waals surface area contributed by atoms with E-state index >= 15 is 0 Å². The predicted molar refractivity (Wildman–Crippen MR) is 75.1 cm³/mol. The number of likely N-dealkylation sites (N-methyl/N-ethyl adjacent to an activating group) is 1. The molecule has 98 valence electrons. The van der Waals surface area contributed by atoms with Crippen LogP contribution in [-0.4, -0.2) is 34.8 Å². The third-order valence-corrected chi connectivity index (χ3v) is 2.56. The average Bonchev–Trinajstić information content (AvgIpc) is 2.21. The van der Waals surface area contributed by atoms with E-state index in [1.165, 1.54) is 6.08 Å². The van der Waals surface area contributed by atoms with Gasteiger partial charge in [-0.05, 0) is 33.8 Å². The summed E-state index contributed by atoms with van der Waals surface area (Å²) in [5, 5.41) is 0.667. The van der Waals surface area contributed by atoms with Crippen LogP contribution in [0.4, 0.5) is 0 Å². The van der Waals surface area contributed by atoms with Gasteiger partial charge in [0.15, 0.2) is 0 Å². The Bertz CT molecular complexity index is 305. The maximum atomic E-state index is 11.7. The van der Waals surface area contributed by atoms with Gasteiger partial charge >= 0.3 is 0 Å². The minimum Gasteiger partial charge on any atom is -0.491 e. The van der Waals surface area contributed by atoms with Gasteiger partial charge in [-0.2, -0.15) is 0 Å². The summed E-state index contributed by atoms with van der Waals surface area (Å²) >= 11 is 3.23. The van der Waals surface area contributed by atoms with Crippen LogP contribution in [-0.2, 0) is 9.53 Å². The Morgan fingerprint density at radius 3 is 2.47 bits per heavy atom. The summed E-state index contributed by atoms with van der Waals surface area (Å²) in [6.45, 7) is 11.6. The summed E-state index contributed by atoms with van der Waals surface area (Å²) in [5.41, 5.74) is -0.291. The second kappa shape index (κ2) is 6.84. The zero-order chi connectivity index (χ0) is 13.6. The Hall–Kier alpha value is -0.770. The van der Waals surface area contributed by atoms with E-state index < -0.39 is 0 Å². The Morgan fingerprint density at radius 2 is 2.06 bits per heavy atom. The number of rotatable bonds is 5. The van der Waals surface area contributed by atoms with Crippen molar-refractivity contribution in [2.24, 2.45) is 0 Å². The maximum Gasteiger partial charge on any atom is 0.246 e. The monoisotopic (exact) mass is 303 g/mol. The lowest BCUT2D eigenvalue weighted by Gasteiger charge is -2.30. The first-order valence-electron chi connectivity index (χ1n) is 5.56. The molecule has 0 aromatic carbocycles. The molecule has 0 aliphatic rings. The van der Waals surface area contributed by atoms with E-state index in [9.17, 15) is 4.79 Å². The van der Waals surface area contributed by atoms with Crippen molar-refractivity contribution >= 4 is 21.8 Å². The molecule has 0 fully saturated rings. The van der Waals surface area contributed by atoms with E-state index in [1.54, 1.807) is 18.0 Å². The number of amides is 1. The van der Waals surface area contributed by atoms with Gasteiger partial charge in [0, 0.05) is 12.4 Å². The number of ether oxygens (including phenoxy) is 1. The Morgan fingerprint density at radius 1 is 1.53 bits per heavy atom. The van der Waals surface area contributed by atoms with E-state index in [0.29, 0.717) is 11.1 Å². The zero-order valence-electron chi connectivity index (χ0n) is 11.3. The first-order chi connectivity index (χ1) is 7.69. The molecule has 0 radical (unpaired) electrons. The molecule has 0 aliphatic carbocycles. The summed E-state index contributed by atoms with van der Waals surface area (Å²) in [7, 11) is 1.74. The SMILES string of the molecule is C=C(OC(C)(C)C)[C@H](C)N(C)C(=O)/C=C/CBr. The van der Waals surface area contributed by atoms with Crippen molar-refractivity contribution in [1.29, 1.82) is 0 Å². The second-order valence-corrected chi connectivity index (χ2v) is 5.51. The van der Waals surface area contributed by atoms with Gasteiger partial charge in [0.25, 0.3) is 0 Å². The van der Waals surface area contributed by atoms with Gasteiger partial charge in [0.1, 0.15) is 11.4 Å². The average molecular weight is 304 g/mol. The van der Waals surface area contributed by atoms with Crippen LogP contribution < -0.4 is 0 Å². The normalized spacial score (nSPS) is 13.5. The van der Waals surface area contributed by atoms with E-state index in [1.807, 2.05) is 27.7 Å². The van der Waals surface area contributed by atoms with Crippen molar-refractivity contribution in [2.45, 2.75) is 39.3 Å². The number of hydrogen-bond acceptors (Lipinski definition) is 2. The zero-order valence-corrected chi connectivity index (χ0v) is 12.9. The van der Waals surface area contributed by atoms with Crippen molar-refractivity contribution in [2.75, 3.05) is 12.4 Å². The van der Waals surface area contributed by atoms with E-state index in [2.05, 4.69) is 22.5 Å². The minimum absolute atomic E-state index is 0.0596. The largest absolute Gasteiger partial charge is 0.491 e. The number of alkyl halides is 1. The van der Waals surface area contributed by atoms with Crippen LogP contribution in [0.2, 0.25) is 0 Å². The lowest BCUT2D eigenvalue weighted by Crippen LogP contribution is -2.37. The molecule has 0 saturated heterocycles. The summed E-state index contributed by atoms with van der Waals surface area (Å²) in [6.07, 6.45) is 3.30. The van der Waals surface area contributed by atoms with Gasteiger partial charge in [0.05, 0.1) is 6.04 Å². The molecule has 4 heteroatoms. The van der Waals surface area contributed by atoms with Gasteiger partial charge in [-0.15, -0.1) is 0 Å². The van der Waals surface area contributed by atoms with E-state index in [-0.39, 0.29) is 17.6 Å². The third-order valence-electron chi connectivity index (χ3n) is 2.18. The van der Waals surface area contributed by atoms with Crippen LogP contribution in [0, 0.1) is 0 Å². The number of nitrogens with zero attached hydrogens (tertiary/aromatic N) is 1. The van der Waals surface area contributed by atoms with Crippen molar-refractivity contribution < 1.29 is 9.53 Å². The van der Waals surface area contributed by atoms with Crippen LogP contribution in [0.15, 0.2) is 24.5 Å². The van der Waals surface area contributed by atoms with Crippen molar-refractivity contribution in [1.82, 2.24) is 4.90 Å². The molecule has 3 nitrogen and oxygen atoms in total. The third kappa shape index (κ3) is 6.51. The van der Waals surface area contributed by atoms with Gasteiger partial charge in [-0.1, -0.05) is 28.6 Å². The number of allylic oxidation sites excluding steroid dienone is 1.